The van der Waals surface area contributed by atoms with Crippen LogP contribution >= 0.6 is 11.3 Å². The number of nitrogens with zero attached hydrogens (tertiary/aromatic N) is 1. The molecule has 0 radical (unpaired) electrons. The molecule has 3 heteroatoms. The molecule has 90 valence electrons. The highest BCUT2D eigenvalue weighted by molar-refractivity contribution is 7.18. The van der Waals surface area contributed by atoms with Gasteiger partial charge in [0.25, 0.3) is 0 Å². The van der Waals surface area contributed by atoms with E-state index in [2.05, 4.69) is 24.9 Å². The lowest BCUT2D eigenvalue weighted by Gasteiger charge is -2.20. The predicted octanol–water partition coefficient (Wildman–Crippen LogP) is 3.94. The fourth-order valence-corrected chi connectivity index (χ4v) is 2.85. The van der Waals surface area contributed by atoms with Crippen molar-refractivity contribution in [2.24, 2.45) is 0 Å². The number of thiazole rings is 1. The molecule has 1 aromatic heterocycles. The van der Waals surface area contributed by atoms with Crippen LogP contribution in [0.25, 0.3) is 10.2 Å². The molecule has 0 aliphatic heterocycles. The van der Waals surface area contributed by atoms with Gasteiger partial charge in [0, 0.05) is 11.8 Å². The lowest BCUT2D eigenvalue weighted by atomic mass is 9.88. The molecule has 0 spiro atoms. The molecule has 0 saturated heterocycles. The summed E-state index contributed by atoms with van der Waals surface area (Å²) in [6.07, 6.45) is 1.49. The molecule has 1 heterocycles. The third-order valence-electron chi connectivity index (χ3n) is 2.97. The van der Waals surface area contributed by atoms with Crippen molar-refractivity contribution in [1.82, 2.24) is 4.98 Å². The number of carbonyl (C=O) groups is 1. The molecule has 0 atom stereocenters. The lowest BCUT2D eigenvalue weighted by Crippen LogP contribution is -2.17. The van der Waals surface area contributed by atoms with Gasteiger partial charge >= 0.3 is 0 Å². The number of fused-ring (bicyclic) bond motifs is 1. The van der Waals surface area contributed by atoms with Crippen molar-refractivity contribution in [3.63, 3.8) is 0 Å². The van der Waals surface area contributed by atoms with Crippen molar-refractivity contribution in [2.75, 3.05) is 0 Å². The van der Waals surface area contributed by atoms with E-state index in [9.17, 15) is 4.79 Å². The summed E-state index contributed by atoms with van der Waals surface area (Å²) in [5.41, 5.74) is 1.04. The molecule has 0 N–H and O–H groups in total. The fourth-order valence-electron chi connectivity index (χ4n) is 1.76. The first-order valence-electron chi connectivity index (χ1n) is 5.84. The summed E-state index contributed by atoms with van der Waals surface area (Å²) in [4.78, 5) is 15.7. The topological polar surface area (TPSA) is 30.0 Å². The van der Waals surface area contributed by atoms with Gasteiger partial charge in [-0.15, -0.1) is 11.3 Å². The standard InChI is InChI=1S/C14H17NOS/c1-10(16)8-9-14(2,3)13-15-11-6-4-5-7-12(11)17-13/h4-7H,8-9H2,1-3H3. The van der Waals surface area contributed by atoms with Crippen LogP contribution in [-0.2, 0) is 10.2 Å². The Morgan fingerprint density at radius 2 is 2.06 bits per heavy atom. The zero-order chi connectivity index (χ0) is 12.5. The van der Waals surface area contributed by atoms with Gasteiger partial charge in [-0.25, -0.2) is 4.98 Å². The maximum absolute atomic E-state index is 11.1. The van der Waals surface area contributed by atoms with E-state index in [1.807, 2.05) is 18.2 Å². The van der Waals surface area contributed by atoms with E-state index in [0.717, 1.165) is 16.9 Å². The average Bonchev–Trinajstić information content (AvgIpc) is 2.71. The van der Waals surface area contributed by atoms with Gasteiger partial charge in [0.1, 0.15) is 5.78 Å². The predicted molar refractivity (Wildman–Crippen MR) is 72.6 cm³/mol. The fraction of sp³-hybridized carbons (Fsp3) is 0.429. The SMILES string of the molecule is CC(=O)CCC(C)(C)c1nc2ccccc2s1. The Labute approximate surface area is 106 Å². The smallest absolute Gasteiger partial charge is 0.129 e. The maximum Gasteiger partial charge on any atom is 0.129 e. The molecule has 2 nitrogen and oxygen atoms in total. The van der Waals surface area contributed by atoms with Crippen LogP contribution in [0.1, 0.15) is 38.6 Å². The first kappa shape index (κ1) is 12.2. The van der Waals surface area contributed by atoms with Crippen LogP contribution in [0, 0.1) is 0 Å². The second-order valence-electron chi connectivity index (χ2n) is 5.07. The number of hydrogen-bond donors (Lipinski definition) is 0. The van der Waals surface area contributed by atoms with Gasteiger partial charge in [-0.2, -0.15) is 0 Å². The summed E-state index contributed by atoms with van der Waals surface area (Å²) < 4.78 is 1.22. The Bertz CT molecular complexity index is 509. The first-order valence-corrected chi connectivity index (χ1v) is 6.66. The van der Waals surface area contributed by atoms with E-state index in [0.29, 0.717) is 6.42 Å². The van der Waals surface area contributed by atoms with Crippen LogP contribution in [0.4, 0.5) is 0 Å². The number of ketones is 1. The Hall–Kier alpha value is -1.22. The van der Waals surface area contributed by atoms with Crippen molar-refractivity contribution >= 4 is 27.3 Å². The van der Waals surface area contributed by atoms with Gasteiger partial charge in [0.2, 0.25) is 0 Å². The largest absolute Gasteiger partial charge is 0.300 e. The van der Waals surface area contributed by atoms with Crippen LogP contribution in [0.15, 0.2) is 24.3 Å². The van der Waals surface area contributed by atoms with Gasteiger partial charge in [-0.3, -0.25) is 0 Å². The van der Waals surface area contributed by atoms with E-state index in [-0.39, 0.29) is 11.2 Å². The van der Waals surface area contributed by atoms with E-state index in [1.165, 1.54) is 4.70 Å². The van der Waals surface area contributed by atoms with E-state index >= 15 is 0 Å². The van der Waals surface area contributed by atoms with Crippen LogP contribution in [0.3, 0.4) is 0 Å². The molecule has 17 heavy (non-hydrogen) atoms. The highest BCUT2D eigenvalue weighted by Gasteiger charge is 2.24. The zero-order valence-corrected chi connectivity index (χ0v) is 11.3. The minimum absolute atomic E-state index is 0.0185. The Morgan fingerprint density at radius 1 is 1.35 bits per heavy atom. The van der Waals surface area contributed by atoms with Gasteiger partial charge in [0.05, 0.1) is 15.2 Å². The summed E-state index contributed by atoms with van der Waals surface area (Å²) in [7, 11) is 0. The Morgan fingerprint density at radius 3 is 2.71 bits per heavy atom. The first-order chi connectivity index (χ1) is 7.99. The number of aromatic nitrogens is 1. The number of hydrogen-bond acceptors (Lipinski definition) is 3. The molecule has 2 aromatic rings. The van der Waals surface area contributed by atoms with E-state index in [1.54, 1.807) is 18.3 Å². The second-order valence-corrected chi connectivity index (χ2v) is 6.10. The van der Waals surface area contributed by atoms with Crippen LogP contribution in [-0.4, -0.2) is 10.8 Å². The van der Waals surface area contributed by atoms with Crippen molar-refractivity contribution in [3.05, 3.63) is 29.3 Å². The quantitative estimate of drug-likeness (QED) is 0.819. The molecular weight excluding hydrogens is 230 g/mol. The van der Waals surface area contributed by atoms with Crippen LogP contribution < -0.4 is 0 Å². The maximum atomic E-state index is 11.1. The molecule has 0 saturated carbocycles. The minimum Gasteiger partial charge on any atom is -0.300 e. The third kappa shape index (κ3) is 2.72. The molecule has 0 fully saturated rings. The normalized spacial score (nSPS) is 11.9. The van der Waals surface area contributed by atoms with Crippen molar-refractivity contribution in [1.29, 1.82) is 0 Å². The van der Waals surface area contributed by atoms with E-state index < -0.39 is 0 Å². The molecule has 0 bridgehead atoms. The van der Waals surface area contributed by atoms with Gasteiger partial charge < -0.3 is 4.79 Å². The zero-order valence-electron chi connectivity index (χ0n) is 10.5. The number of carbonyl (C=O) groups excluding carboxylic acids is 1. The van der Waals surface area contributed by atoms with Crippen LogP contribution in [0.5, 0.6) is 0 Å². The van der Waals surface area contributed by atoms with Crippen molar-refractivity contribution < 1.29 is 4.79 Å². The summed E-state index contributed by atoms with van der Waals surface area (Å²) >= 11 is 1.73. The molecule has 0 amide bonds. The summed E-state index contributed by atoms with van der Waals surface area (Å²) in [5, 5.41) is 1.12. The molecule has 0 unspecified atom stereocenters. The monoisotopic (exact) mass is 247 g/mol. The number of Topliss-reactive ketones (excluding diaryl/α,β-unsaturated/α-hetero) is 1. The Kier molecular flexibility index (Phi) is 3.29. The minimum atomic E-state index is -0.0185. The van der Waals surface area contributed by atoms with Gasteiger partial charge in [0.15, 0.2) is 0 Å². The number of para-hydroxylation sites is 1. The van der Waals surface area contributed by atoms with Crippen molar-refractivity contribution in [2.45, 2.75) is 39.0 Å². The third-order valence-corrected chi connectivity index (χ3v) is 4.38. The lowest BCUT2D eigenvalue weighted by molar-refractivity contribution is -0.117. The van der Waals surface area contributed by atoms with Crippen molar-refractivity contribution in [3.8, 4) is 0 Å². The molecule has 0 aliphatic carbocycles. The number of rotatable bonds is 4. The van der Waals surface area contributed by atoms with Gasteiger partial charge in [-0.05, 0) is 25.5 Å². The highest BCUT2D eigenvalue weighted by atomic mass is 32.1. The summed E-state index contributed by atoms with van der Waals surface area (Å²) in [6.45, 7) is 5.97. The molecule has 0 aliphatic rings. The number of benzene rings is 1. The summed E-state index contributed by atoms with van der Waals surface area (Å²) in [6, 6.07) is 8.18. The molecule has 2 rings (SSSR count). The Balaban J connectivity index is 2.28. The average molecular weight is 247 g/mol. The highest BCUT2D eigenvalue weighted by Crippen LogP contribution is 2.34. The molecule has 1 aromatic carbocycles. The van der Waals surface area contributed by atoms with Gasteiger partial charge in [-0.1, -0.05) is 26.0 Å². The second kappa shape index (κ2) is 4.57. The molecular formula is C14H17NOS. The van der Waals surface area contributed by atoms with E-state index in [4.69, 9.17) is 0 Å². The van der Waals surface area contributed by atoms with Crippen LogP contribution in [0.2, 0.25) is 0 Å². The summed E-state index contributed by atoms with van der Waals surface area (Å²) in [5.74, 6) is 0.249.